The Bertz CT molecular complexity index is 586. The minimum atomic E-state index is -4.29. The fourth-order valence-corrected chi connectivity index (χ4v) is 2.04. The van der Waals surface area contributed by atoms with Crippen LogP contribution in [0.5, 0.6) is 0 Å². The molecule has 21 heavy (non-hydrogen) atoms. The Kier molecular flexibility index (Phi) is 5.14. The number of nitrogens with zero attached hydrogens (tertiary/aromatic N) is 1. The largest absolute Gasteiger partial charge is 0.411 e. The summed E-state index contributed by atoms with van der Waals surface area (Å²) in [6.45, 7) is -1.24. The number of para-hydroxylation sites is 1. The van der Waals surface area contributed by atoms with Gasteiger partial charge in [0.15, 0.2) is 0 Å². The average molecular weight is 298 g/mol. The van der Waals surface area contributed by atoms with Crippen molar-refractivity contribution in [3.05, 3.63) is 42.1 Å². The van der Waals surface area contributed by atoms with Crippen molar-refractivity contribution in [1.29, 1.82) is 0 Å². The maximum Gasteiger partial charge on any atom is 0.411 e. The molecule has 3 nitrogen and oxygen atoms in total. The van der Waals surface area contributed by atoms with E-state index in [1.54, 1.807) is 7.05 Å². The standard InChI is InChI=1S/C15H17F3N2O/c1-19-13(9-21-10-15(16,17)18)8-12-7-6-11-4-2-3-5-14(11)20-12/h2-7,13,19H,8-10H2,1H3. The molecule has 0 saturated heterocycles. The molecule has 1 unspecified atom stereocenters. The van der Waals surface area contributed by atoms with E-state index in [1.807, 2.05) is 36.4 Å². The van der Waals surface area contributed by atoms with E-state index in [0.717, 1.165) is 16.6 Å². The summed E-state index contributed by atoms with van der Waals surface area (Å²) in [7, 11) is 1.70. The second kappa shape index (κ2) is 6.87. The normalized spacial score (nSPS) is 13.5. The fourth-order valence-electron chi connectivity index (χ4n) is 2.04. The summed E-state index contributed by atoms with van der Waals surface area (Å²) in [4.78, 5) is 4.50. The third-order valence-electron chi connectivity index (χ3n) is 3.10. The highest BCUT2D eigenvalue weighted by Gasteiger charge is 2.27. The molecule has 0 aliphatic carbocycles. The van der Waals surface area contributed by atoms with Gasteiger partial charge in [0.2, 0.25) is 0 Å². The van der Waals surface area contributed by atoms with Gasteiger partial charge >= 0.3 is 6.18 Å². The number of aromatic nitrogens is 1. The molecule has 0 aliphatic heterocycles. The molecule has 1 heterocycles. The van der Waals surface area contributed by atoms with Gasteiger partial charge in [-0.15, -0.1) is 0 Å². The molecule has 2 rings (SSSR count). The molecule has 0 amide bonds. The first kappa shape index (κ1) is 15.7. The van der Waals surface area contributed by atoms with Crippen molar-refractivity contribution in [2.75, 3.05) is 20.3 Å². The predicted molar refractivity (Wildman–Crippen MR) is 75.2 cm³/mol. The molecule has 6 heteroatoms. The molecule has 0 saturated carbocycles. The third-order valence-corrected chi connectivity index (χ3v) is 3.10. The molecule has 0 aliphatic rings. The Morgan fingerprint density at radius 1 is 1.19 bits per heavy atom. The van der Waals surface area contributed by atoms with E-state index >= 15 is 0 Å². The van der Waals surface area contributed by atoms with Crippen LogP contribution in [0, 0.1) is 0 Å². The van der Waals surface area contributed by atoms with Crippen molar-refractivity contribution in [3.63, 3.8) is 0 Å². The highest BCUT2D eigenvalue weighted by Crippen LogP contribution is 2.15. The average Bonchev–Trinajstić information content (AvgIpc) is 2.45. The second-order valence-corrected chi connectivity index (χ2v) is 4.82. The summed E-state index contributed by atoms with van der Waals surface area (Å²) >= 11 is 0. The quantitative estimate of drug-likeness (QED) is 0.890. The molecule has 1 atom stereocenters. The van der Waals surface area contributed by atoms with E-state index in [4.69, 9.17) is 4.74 Å². The summed E-state index contributed by atoms with van der Waals surface area (Å²) < 4.78 is 40.9. The molecule has 1 N–H and O–H groups in total. The van der Waals surface area contributed by atoms with Crippen LogP contribution in [0.2, 0.25) is 0 Å². The van der Waals surface area contributed by atoms with Gasteiger partial charge < -0.3 is 10.1 Å². The molecule has 0 fully saturated rings. The molecule has 0 spiro atoms. The number of hydrogen-bond donors (Lipinski definition) is 1. The summed E-state index contributed by atoms with van der Waals surface area (Å²) in [6, 6.07) is 11.4. The number of nitrogens with one attached hydrogen (secondary N) is 1. The number of ether oxygens (including phenoxy) is 1. The first-order valence-electron chi connectivity index (χ1n) is 6.64. The lowest BCUT2D eigenvalue weighted by atomic mass is 10.1. The van der Waals surface area contributed by atoms with Crippen LogP contribution in [-0.2, 0) is 11.2 Å². The number of benzene rings is 1. The molecular weight excluding hydrogens is 281 g/mol. The van der Waals surface area contributed by atoms with Crippen LogP contribution in [0.4, 0.5) is 13.2 Å². The van der Waals surface area contributed by atoms with Crippen LogP contribution in [-0.4, -0.2) is 37.5 Å². The molecule has 0 radical (unpaired) electrons. The van der Waals surface area contributed by atoms with Gasteiger partial charge in [-0.1, -0.05) is 24.3 Å². The highest BCUT2D eigenvalue weighted by molar-refractivity contribution is 5.78. The zero-order valence-corrected chi connectivity index (χ0v) is 11.7. The minimum Gasteiger partial charge on any atom is -0.370 e. The lowest BCUT2D eigenvalue weighted by Gasteiger charge is -2.17. The Morgan fingerprint density at radius 2 is 1.95 bits per heavy atom. The lowest BCUT2D eigenvalue weighted by Crippen LogP contribution is -2.34. The van der Waals surface area contributed by atoms with Crippen LogP contribution in [0.15, 0.2) is 36.4 Å². The number of halogens is 3. The highest BCUT2D eigenvalue weighted by atomic mass is 19.4. The van der Waals surface area contributed by atoms with Gasteiger partial charge in [0, 0.05) is 23.5 Å². The van der Waals surface area contributed by atoms with Gasteiger partial charge in [-0.2, -0.15) is 13.2 Å². The first-order valence-corrected chi connectivity index (χ1v) is 6.64. The summed E-state index contributed by atoms with van der Waals surface area (Å²) in [5, 5.41) is 3.99. The van der Waals surface area contributed by atoms with Crippen molar-refractivity contribution < 1.29 is 17.9 Å². The van der Waals surface area contributed by atoms with E-state index in [2.05, 4.69) is 10.3 Å². The number of rotatable bonds is 6. The Labute approximate surface area is 121 Å². The predicted octanol–water partition coefficient (Wildman–Crippen LogP) is 2.94. The Morgan fingerprint density at radius 3 is 2.67 bits per heavy atom. The molecule has 2 aromatic rings. The maximum absolute atomic E-state index is 12.1. The topological polar surface area (TPSA) is 34.1 Å². The van der Waals surface area contributed by atoms with Crippen molar-refractivity contribution >= 4 is 10.9 Å². The number of likely N-dealkylation sites (N-methyl/N-ethyl adjacent to an activating group) is 1. The minimum absolute atomic E-state index is 0.00941. The molecule has 1 aromatic heterocycles. The van der Waals surface area contributed by atoms with E-state index in [1.165, 1.54) is 0 Å². The zero-order valence-electron chi connectivity index (χ0n) is 11.7. The van der Waals surface area contributed by atoms with E-state index in [9.17, 15) is 13.2 Å². The van der Waals surface area contributed by atoms with Crippen molar-refractivity contribution in [3.8, 4) is 0 Å². The second-order valence-electron chi connectivity index (χ2n) is 4.82. The number of pyridine rings is 1. The summed E-state index contributed by atoms with van der Waals surface area (Å²) in [5.41, 5.74) is 1.70. The van der Waals surface area contributed by atoms with Crippen LogP contribution < -0.4 is 5.32 Å². The molecule has 114 valence electrons. The number of alkyl halides is 3. The van der Waals surface area contributed by atoms with Gasteiger partial charge in [-0.05, 0) is 19.2 Å². The van der Waals surface area contributed by atoms with Crippen LogP contribution >= 0.6 is 0 Å². The van der Waals surface area contributed by atoms with E-state index < -0.39 is 12.8 Å². The summed E-state index contributed by atoms with van der Waals surface area (Å²) in [5.74, 6) is 0. The number of fused-ring (bicyclic) bond motifs is 1. The maximum atomic E-state index is 12.1. The zero-order chi connectivity index (χ0) is 15.3. The summed E-state index contributed by atoms with van der Waals surface area (Å²) in [6.07, 6.45) is -3.78. The van der Waals surface area contributed by atoms with Gasteiger partial charge in [-0.25, -0.2) is 0 Å². The molecule has 1 aromatic carbocycles. The van der Waals surface area contributed by atoms with Gasteiger partial charge in [0.1, 0.15) is 6.61 Å². The Balaban J connectivity index is 1.96. The molecular formula is C15H17F3N2O. The van der Waals surface area contributed by atoms with Crippen LogP contribution in [0.25, 0.3) is 10.9 Å². The molecule has 0 bridgehead atoms. The smallest absolute Gasteiger partial charge is 0.370 e. The third kappa shape index (κ3) is 4.99. The van der Waals surface area contributed by atoms with Crippen molar-refractivity contribution in [1.82, 2.24) is 10.3 Å². The van der Waals surface area contributed by atoms with Crippen LogP contribution in [0.3, 0.4) is 0 Å². The van der Waals surface area contributed by atoms with Gasteiger partial charge in [0.25, 0.3) is 0 Å². The number of hydrogen-bond acceptors (Lipinski definition) is 3. The first-order chi connectivity index (χ1) is 9.98. The SMILES string of the molecule is CNC(COCC(F)(F)F)Cc1ccc2ccccc2n1. The van der Waals surface area contributed by atoms with Crippen molar-refractivity contribution in [2.24, 2.45) is 0 Å². The monoisotopic (exact) mass is 298 g/mol. The van der Waals surface area contributed by atoms with E-state index in [0.29, 0.717) is 6.42 Å². The van der Waals surface area contributed by atoms with Gasteiger partial charge in [-0.3, -0.25) is 4.98 Å². The van der Waals surface area contributed by atoms with E-state index in [-0.39, 0.29) is 12.6 Å². The van der Waals surface area contributed by atoms with Crippen LogP contribution in [0.1, 0.15) is 5.69 Å². The van der Waals surface area contributed by atoms with Crippen molar-refractivity contribution in [2.45, 2.75) is 18.6 Å². The van der Waals surface area contributed by atoms with Gasteiger partial charge in [0.05, 0.1) is 12.1 Å². The fraction of sp³-hybridized carbons (Fsp3) is 0.400. The lowest BCUT2D eigenvalue weighted by molar-refractivity contribution is -0.175. The Hall–Kier alpha value is -1.66.